The van der Waals surface area contributed by atoms with Gasteiger partial charge in [0.15, 0.2) is 0 Å². The van der Waals surface area contributed by atoms with Gasteiger partial charge in [-0.25, -0.2) is 8.78 Å². The molecule has 0 spiro atoms. The van der Waals surface area contributed by atoms with Crippen LogP contribution in [-0.4, -0.2) is 5.92 Å². The SMILES string of the molecule is Cc1ccc(C2(N)CC2(F)F)cc1C(F)(F)F. The molecule has 1 aromatic carbocycles. The molecule has 1 nitrogen and oxygen atoms in total. The Bertz CT molecular complexity index is 465. The van der Waals surface area contributed by atoms with Crippen LogP contribution in [0.2, 0.25) is 0 Å². The van der Waals surface area contributed by atoms with Crippen molar-refractivity contribution >= 4 is 0 Å². The van der Waals surface area contributed by atoms with Gasteiger partial charge in [-0.15, -0.1) is 0 Å². The van der Waals surface area contributed by atoms with Crippen LogP contribution in [0.5, 0.6) is 0 Å². The Morgan fingerprint density at radius 3 is 2.18 bits per heavy atom. The van der Waals surface area contributed by atoms with Crippen LogP contribution in [0.25, 0.3) is 0 Å². The van der Waals surface area contributed by atoms with Crippen LogP contribution in [-0.2, 0) is 11.7 Å². The molecular weight excluding hydrogens is 241 g/mol. The molecule has 1 fully saturated rings. The summed E-state index contributed by atoms with van der Waals surface area (Å²) in [6.45, 7) is 1.28. The van der Waals surface area contributed by atoms with E-state index in [0.29, 0.717) is 0 Å². The first-order valence-corrected chi connectivity index (χ1v) is 4.93. The van der Waals surface area contributed by atoms with E-state index in [9.17, 15) is 22.0 Å². The molecule has 0 bridgehead atoms. The third-order valence-electron chi connectivity index (χ3n) is 3.09. The van der Waals surface area contributed by atoms with Crippen molar-refractivity contribution in [2.45, 2.75) is 31.0 Å². The Morgan fingerprint density at radius 2 is 1.76 bits per heavy atom. The van der Waals surface area contributed by atoms with Crippen molar-refractivity contribution in [3.63, 3.8) is 0 Å². The van der Waals surface area contributed by atoms with E-state index in [1.807, 2.05) is 0 Å². The number of halogens is 5. The van der Waals surface area contributed by atoms with E-state index in [0.717, 1.165) is 6.07 Å². The number of aryl methyl sites for hydroxylation is 1. The maximum atomic E-state index is 13.0. The Kier molecular flexibility index (Phi) is 2.30. The van der Waals surface area contributed by atoms with E-state index in [2.05, 4.69) is 0 Å². The highest BCUT2D eigenvalue weighted by Gasteiger charge is 2.70. The highest BCUT2D eigenvalue weighted by Crippen LogP contribution is 2.57. The molecule has 0 amide bonds. The first-order chi connectivity index (χ1) is 7.58. The normalized spacial score (nSPS) is 27.0. The fourth-order valence-electron chi connectivity index (χ4n) is 1.82. The molecule has 1 aliphatic carbocycles. The minimum absolute atomic E-state index is 0.00573. The summed E-state index contributed by atoms with van der Waals surface area (Å²) in [5.74, 6) is -3.12. The first-order valence-electron chi connectivity index (χ1n) is 4.93. The van der Waals surface area contributed by atoms with Gasteiger partial charge < -0.3 is 5.73 Å². The van der Waals surface area contributed by atoms with Gasteiger partial charge in [-0.1, -0.05) is 12.1 Å². The molecule has 94 valence electrons. The molecule has 1 saturated carbocycles. The summed E-state index contributed by atoms with van der Waals surface area (Å²) >= 11 is 0. The Morgan fingerprint density at radius 1 is 1.24 bits per heavy atom. The minimum atomic E-state index is -4.55. The zero-order valence-electron chi connectivity index (χ0n) is 8.91. The van der Waals surface area contributed by atoms with E-state index >= 15 is 0 Å². The third kappa shape index (κ3) is 1.80. The summed E-state index contributed by atoms with van der Waals surface area (Å²) in [5, 5.41) is 0. The summed E-state index contributed by atoms with van der Waals surface area (Å²) < 4.78 is 63.8. The van der Waals surface area contributed by atoms with Gasteiger partial charge >= 0.3 is 6.18 Å². The summed E-state index contributed by atoms with van der Waals surface area (Å²) in [7, 11) is 0. The average molecular weight is 251 g/mol. The Hall–Kier alpha value is -1.17. The molecule has 0 heterocycles. The van der Waals surface area contributed by atoms with Crippen LogP contribution in [0.1, 0.15) is 23.1 Å². The molecule has 0 saturated heterocycles. The number of benzene rings is 1. The van der Waals surface area contributed by atoms with Gasteiger partial charge in [0.1, 0.15) is 5.54 Å². The molecule has 2 rings (SSSR count). The molecule has 17 heavy (non-hydrogen) atoms. The van der Waals surface area contributed by atoms with Gasteiger partial charge in [0, 0.05) is 6.42 Å². The van der Waals surface area contributed by atoms with Crippen molar-refractivity contribution in [2.24, 2.45) is 5.73 Å². The van der Waals surface area contributed by atoms with Crippen LogP contribution < -0.4 is 5.73 Å². The summed E-state index contributed by atoms with van der Waals surface area (Å²) in [6.07, 6.45) is -5.17. The largest absolute Gasteiger partial charge is 0.416 e. The standard InChI is InChI=1S/C11H10F5N/c1-6-2-3-7(4-8(6)11(14,15)16)9(17)5-10(9,12)13/h2-4H,5,17H2,1H3. The van der Waals surface area contributed by atoms with Crippen molar-refractivity contribution in [1.82, 2.24) is 0 Å². The average Bonchev–Trinajstić information content (AvgIpc) is 2.65. The lowest BCUT2D eigenvalue weighted by Gasteiger charge is -2.16. The van der Waals surface area contributed by atoms with E-state index < -0.39 is 29.6 Å². The molecule has 1 aliphatic rings. The van der Waals surface area contributed by atoms with E-state index in [4.69, 9.17) is 5.73 Å². The monoisotopic (exact) mass is 251 g/mol. The highest BCUT2D eigenvalue weighted by molar-refractivity contribution is 5.42. The van der Waals surface area contributed by atoms with Gasteiger partial charge in [-0.05, 0) is 24.1 Å². The second-order valence-corrected chi connectivity index (χ2v) is 4.38. The number of hydrogen-bond acceptors (Lipinski definition) is 1. The lowest BCUT2D eigenvalue weighted by molar-refractivity contribution is -0.138. The maximum absolute atomic E-state index is 13.0. The molecule has 1 aromatic rings. The Labute approximate surface area is 94.4 Å². The Balaban J connectivity index is 2.47. The van der Waals surface area contributed by atoms with Crippen molar-refractivity contribution in [1.29, 1.82) is 0 Å². The number of nitrogens with two attached hydrogens (primary N) is 1. The predicted octanol–water partition coefficient (Wildman–Crippen LogP) is 3.21. The fourth-order valence-corrected chi connectivity index (χ4v) is 1.82. The predicted molar refractivity (Wildman–Crippen MR) is 51.6 cm³/mol. The minimum Gasteiger partial charge on any atom is -0.316 e. The van der Waals surface area contributed by atoms with E-state index in [1.54, 1.807) is 0 Å². The van der Waals surface area contributed by atoms with E-state index in [-0.39, 0.29) is 11.1 Å². The molecule has 2 N–H and O–H groups in total. The van der Waals surface area contributed by atoms with Crippen LogP contribution in [0, 0.1) is 6.92 Å². The van der Waals surface area contributed by atoms with Gasteiger partial charge in [-0.2, -0.15) is 13.2 Å². The van der Waals surface area contributed by atoms with Crippen molar-refractivity contribution in [3.05, 3.63) is 34.9 Å². The van der Waals surface area contributed by atoms with Crippen LogP contribution >= 0.6 is 0 Å². The first kappa shape index (κ1) is 12.3. The second kappa shape index (κ2) is 3.19. The summed E-state index contributed by atoms with van der Waals surface area (Å²) in [5.41, 5.74) is 2.36. The highest BCUT2D eigenvalue weighted by atomic mass is 19.4. The smallest absolute Gasteiger partial charge is 0.316 e. The van der Waals surface area contributed by atoms with Gasteiger partial charge in [0.05, 0.1) is 5.56 Å². The quantitative estimate of drug-likeness (QED) is 0.762. The number of hydrogen-bond donors (Lipinski definition) is 1. The maximum Gasteiger partial charge on any atom is 0.416 e. The fraction of sp³-hybridized carbons (Fsp3) is 0.455. The molecule has 6 heteroatoms. The van der Waals surface area contributed by atoms with Gasteiger partial charge in [0.25, 0.3) is 5.92 Å². The topological polar surface area (TPSA) is 26.0 Å². The van der Waals surface area contributed by atoms with Crippen LogP contribution in [0.3, 0.4) is 0 Å². The summed E-state index contributed by atoms with van der Waals surface area (Å²) in [6, 6.07) is 3.11. The molecule has 0 aliphatic heterocycles. The molecule has 0 radical (unpaired) electrons. The molecule has 1 unspecified atom stereocenters. The lowest BCUT2D eigenvalue weighted by atomic mass is 9.98. The summed E-state index contributed by atoms with van der Waals surface area (Å²) in [4.78, 5) is 0. The second-order valence-electron chi connectivity index (χ2n) is 4.38. The van der Waals surface area contributed by atoms with Crippen molar-refractivity contribution in [2.75, 3.05) is 0 Å². The van der Waals surface area contributed by atoms with Crippen LogP contribution in [0.4, 0.5) is 22.0 Å². The van der Waals surface area contributed by atoms with Gasteiger partial charge in [0.2, 0.25) is 0 Å². The van der Waals surface area contributed by atoms with E-state index in [1.165, 1.54) is 19.1 Å². The van der Waals surface area contributed by atoms with Crippen molar-refractivity contribution in [3.8, 4) is 0 Å². The van der Waals surface area contributed by atoms with Gasteiger partial charge in [-0.3, -0.25) is 0 Å². The number of alkyl halides is 5. The van der Waals surface area contributed by atoms with Crippen molar-refractivity contribution < 1.29 is 22.0 Å². The zero-order chi connectivity index (χ0) is 13.1. The molecule has 0 aromatic heterocycles. The van der Waals surface area contributed by atoms with Crippen LogP contribution in [0.15, 0.2) is 18.2 Å². The lowest BCUT2D eigenvalue weighted by Crippen LogP contribution is -2.27. The number of rotatable bonds is 1. The zero-order valence-corrected chi connectivity index (χ0v) is 8.91. The third-order valence-corrected chi connectivity index (χ3v) is 3.09. The molecule has 1 atom stereocenters. The molecular formula is C11H10F5N.